The van der Waals surface area contributed by atoms with Crippen molar-refractivity contribution in [1.29, 1.82) is 0 Å². The fourth-order valence-corrected chi connectivity index (χ4v) is 4.94. The molecule has 11 heteroatoms. The average Bonchev–Trinajstić information content (AvgIpc) is 3.29. The second-order valence-electron chi connectivity index (χ2n) is 8.63. The second kappa shape index (κ2) is 8.07. The van der Waals surface area contributed by atoms with Gasteiger partial charge in [-0.15, -0.1) is 0 Å². The van der Waals surface area contributed by atoms with E-state index in [0.717, 1.165) is 28.4 Å². The molecule has 1 aromatic carbocycles. The lowest BCUT2D eigenvalue weighted by Gasteiger charge is -2.16. The first kappa shape index (κ1) is 21.6. The van der Waals surface area contributed by atoms with E-state index in [4.69, 9.17) is 4.98 Å². The molecule has 0 saturated heterocycles. The number of aryl methyl sites for hydroxylation is 1. The van der Waals surface area contributed by atoms with Gasteiger partial charge in [0.05, 0.1) is 40.4 Å². The minimum Gasteiger partial charge on any atom is -0.283 e. The number of imidazole rings is 1. The molecule has 0 amide bonds. The van der Waals surface area contributed by atoms with Crippen LogP contribution in [0.15, 0.2) is 67.4 Å². The summed E-state index contributed by atoms with van der Waals surface area (Å²) < 4.78 is 42.7. The first-order valence-corrected chi connectivity index (χ1v) is 12.1. The monoisotopic (exact) mass is 489 g/mol. The maximum absolute atomic E-state index is 13.5. The first-order chi connectivity index (χ1) is 16.9. The number of hydrogen-bond donors (Lipinski definition) is 2. The standard InChI is InChI=1S/C24H20FN7O2S/c1-31-13-17(11-28-31)15-2-5-21-20(8-15)27-14-32(21)23-10-16(19-4-3-18(25)12-26-19)9-22(29-23)24(6-7-24)30-35(33)34/h2-5,8-14,35H,6-7H2,1H3,(H,30,33,34). The van der Waals surface area contributed by atoms with Gasteiger partial charge in [0.15, 0.2) is 0 Å². The summed E-state index contributed by atoms with van der Waals surface area (Å²) >= 11 is 0. The van der Waals surface area contributed by atoms with Crippen LogP contribution in [-0.2, 0) is 23.5 Å². The summed E-state index contributed by atoms with van der Waals surface area (Å²) in [5.74, 6) is 0.131. The molecule has 176 valence electrons. The van der Waals surface area contributed by atoms with Crippen LogP contribution in [0.4, 0.5) is 4.39 Å². The minimum absolute atomic E-state index is 0.433. The van der Waals surface area contributed by atoms with Crippen LogP contribution < -0.4 is 4.72 Å². The van der Waals surface area contributed by atoms with E-state index in [9.17, 15) is 12.8 Å². The van der Waals surface area contributed by atoms with Gasteiger partial charge in [-0.1, -0.05) is 6.07 Å². The molecule has 4 aromatic heterocycles. The van der Waals surface area contributed by atoms with Crippen molar-refractivity contribution >= 4 is 21.9 Å². The molecule has 5 aromatic rings. The van der Waals surface area contributed by atoms with Crippen LogP contribution in [0.1, 0.15) is 18.5 Å². The van der Waals surface area contributed by atoms with Crippen molar-refractivity contribution < 1.29 is 12.8 Å². The van der Waals surface area contributed by atoms with Crippen LogP contribution in [0.25, 0.3) is 39.2 Å². The number of nitrogens with zero attached hydrogens (tertiary/aromatic N) is 6. The molecule has 35 heavy (non-hydrogen) atoms. The summed E-state index contributed by atoms with van der Waals surface area (Å²) in [5.41, 5.74) is 4.70. The van der Waals surface area contributed by atoms with E-state index < -0.39 is 22.2 Å². The van der Waals surface area contributed by atoms with E-state index in [1.165, 1.54) is 6.07 Å². The maximum atomic E-state index is 13.5. The number of nitrogens with one attached hydrogen (secondary N) is 1. The Hall–Kier alpha value is -3.96. The Morgan fingerprint density at radius 1 is 1.00 bits per heavy atom. The summed E-state index contributed by atoms with van der Waals surface area (Å²) in [5, 5.41) is 4.23. The number of fused-ring (bicyclic) bond motifs is 1. The Bertz CT molecular complexity index is 1640. The lowest BCUT2D eigenvalue weighted by molar-refractivity contribution is 0.564. The molecule has 1 aliphatic carbocycles. The van der Waals surface area contributed by atoms with E-state index in [1.807, 2.05) is 48.1 Å². The molecule has 0 atom stereocenters. The first-order valence-electron chi connectivity index (χ1n) is 10.9. The predicted molar refractivity (Wildman–Crippen MR) is 129 cm³/mol. The molecule has 4 heterocycles. The van der Waals surface area contributed by atoms with Gasteiger partial charge in [-0.2, -0.15) is 5.10 Å². The van der Waals surface area contributed by atoms with E-state index in [1.54, 1.807) is 23.3 Å². The van der Waals surface area contributed by atoms with Gasteiger partial charge in [0.2, 0.25) is 10.9 Å². The highest BCUT2D eigenvalue weighted by Crippen LogP contribution is 2.45. The summed E-state index contributed by atoms with van der Waals surface area (Å²) in [6.45, 7) is 0. The highest BCUT2D eigenvalue weighted by Gasteiger charge is 2.47. The molecule has 0 aliphatic heterocycles. The van der Waals surface area contributed by atoms with Crippen molar-refractivity contribution in [3.8, 4) is 28.2 Å². The van der Waals surface area contributed by atoms with E-state index in [0.29, 0.717) is 35.6 Å². The number of benzene rings is 1. The number of thiol groups is 1. The Kier molecular flexibility index (Phi) is 4.97. The minimum atomic E-state index is -2.81. The molecule has 9 nitrogen and oxygen atoms in total. The lowest BCUT2D eigenvalue weighted by atomic mass is 10.1. The smallest absolute Gasteiger partial charge is 0.202 e. The normalized spacial score (nSPS) is 14.6. The van der Waals surface area contributed by atoms with E-state index >= 15 is 0 Å². The lowest BCUT2D eigenvalue weighted by Crippen LogP contribution is -2.28. The molecule has 1 fully saturated rings. The fraction of sp³-hybridized carbons (Fsp3) is 0.167. The molecular weight excluding hydrogens is 469 g/mol. The molecule has 0 bridgehead atoms. The summed E-state index contributed by atoms with van der Waals surface area (Å²) in [6.07, 6.45) is 7.86. The zero-order valence-electron chi connectivity index (χ0n) is 18.6. The van der Waals surface area contributed by atoms with Crippen molar-refractivity contribution in [2.45, 2.75) is 18.4 Å². The summed E-state index contributed by atoms with van der Waals surface area (Å²) in [6, 6.07) is 12.5. The second-order valence-corrected chi connectivity index (χ2v) is 9.37. The molecule has 1 saturated carbocycles. The van der Waals surface area contributed by atoms with Gasteiger partial charge in [-0.05, 0) is 54.8 Å². The molecule has 0 spiro atoms. The molecule has 1 aliphatic rings. The van der Waals surface area contributed by atoms with Gasteiger partial charge in [0.1, 0.15) is 18.0 Å². The number of aromatic nitrogens is 6. The van der Waals surface area contributed by atoms with Crippen LogP contribution in [0.5, 0.6) is 0 Å². The van der Waals surface area contributed by atoms with Crippen LogP contribution in [0.3, 0.4) is 0 Å². The number of hydrogen-bond acceptors (Lipinski definition) is 6. The third-order valence-electron chi connectivity index (χ3n) is 6.21. The Labute approximate surface area is 201 Å². The van der Waals surface area contributed by atoms with Gasteiger partial charge in [0.25, 0.3) is 0 Å². The van der Waals surface area contributed by atoms with Crippen LogP contribution in [0, 0.1) is 5.82 Å². The van der Waals surface area contributed by atoms with Gasteiger partial charge < -0.3 is 0 Å². The summed E-state index contributed by atoms with van der Waals surface area (Å²) in [4.78, 5) is 13.6. The van der Waals surface area contributed by atoms with Crippen molar-refractivity contribution in [2.75, 3.05) is 0 Å². The van der Waals surface area contributed by atoms with Gasteiger partial charge in [-0.25, -0.2) is 27.5 Å². The number of pyridine rings is 2. The quantitative estimate of drug-likeness (QED) is 0.355. The Balaban J connectivity index is 1.49. The highest BCUT2D eigenvalue weighted by molar-refractivity contribution is 7.70. The zero-order valence-corrected chi connectivity index (χ0v) is 19.5. The molecule has 6 rings (SSSR count). The fourth-order valence-electron chi connectivity index (χ4n) is 4.25. The number of halogens is 1. The Morgan fingerprint density at radius 2 is 1.86 bits per heavy atom. The van der Waals surface area contributed by atoms with Crippen molar-refractivity contribution in [3.05, 3.63) is 78.9 Å². The van der Waals surface area contributed by atoms with Gasteiger partial charge in [-0.3, -0.25) is 14.2 Å². The van der Waals surface area contributed by atoms with Crippen LogP contribution >= 0.6 is 0 Å². The maximum Gasteiger partial charge on any atom is 0.202 e. The number of rotatable bonds is 6. The van der Waals surface area contributed by atoms with Gasteiger partial charge in [0, 0.05) is 24.4 Å². The highest BCUT2D eigenvalue weighted by atomic mass is 32.2. The van der Waals surface area contributed by atoms with E-state index in [2.05, 4.69) is 19.8 Å². The largest absolute Gasteiger partial charge is 0.283 e. The molecule has 1 N–H and O–H groups in total. The van der Waals surface area contributed by atoms with Crippen molar-refractivity contribution in [2.24, 2.45) is 7.05 Å². The average molecular weight is 490 g/mol. The topological polar surface area (TPSA) is 108 Å². The van der Waals surface area contributed by atoms with Crippen molar-refractivity contribution in [1.82, 2.24) is 34.0 Å². The van der Waals surface area contributed by atoms with E-state index in [-0.39, 0.29) is 0 Å². The molecular formula is C24H20FN7O2S. The zero-order chi connectivity index (χ0) is 24.2. The SMILES string of the molecule is Cn1cc(-c2ccc3c(c2)ncn3-c2cc(-c3ccc(F)cn3)cc(C3(N[SH](=O)=O)CC3)n2)cn1. The predicted octanol–water partition coefficient (Wildman–Crippen LogP) is 3.13. The van der Waals surface area contributed by atoms with Crippen LogP contribution in [-0.4, -0.2) is 37.7 Å². The van der Waals surface area contributed by atoms with Gasteiger partial charge >= 0.3 is 0 Å². The third kappa shape index (κ3) is 3.98. The third-order valence-corrected chi connectivity index (χ3v) is 6.82. The van der Waals surface area contributed by atoms with Crippen LogP contribution in [0.2, 0.25) is 0 Å². The summed E-state index contributed by atoms with van der Waals surface area (Å²) in [7, 11) is -0.937. The Morgan fingerprint density at radius 3 is 2.54 bits per heavy atom. The van der Waals surface area contributed by atoms with Crippen molar-refractivity contribution in [3.63, 3.8) is 0 Å². The molecule has 0 radical (unpaired) electrons. The molecule has 0 unspecified atom stereocenters.